The second-order valence-corrected chi connectivity index (χ2v) is 11.0. The molecule has 38 heavy (non-hydrogen) atoms. The molecule has 1 unspecified atom stereocenters. The van der Waals surface area contributed by atoms with Crippen molar-refractivity contribution in [3.63, 3.8) is 0 Å². The van der Waals surface area contributed by atoms with Gasteiger partial charge >= 0.3 is 0 Å². The van der Waals surface area contributed by atoms with Crippen LogP contribution in [-0.2, 0) is 31.4 Å². The van der Waals surface area contributed by atoms with Crippen LogP contribution >= 0.6 is 22.9 Å². The highest BCUT2D eigenvalue weighted by Gasteiger charge is 2.19. The van der Waals surface area contributed by atoms with Crippen LogP contribution in [0.15, 0.2) is 59.5 Å². The third kappa shape index (κ3) is 6.45. The van der Waals surface area contributed by atoms with Crippen LogP contribution < -0.4 is 15.5 Å². The van der Waals surface area contributed by atoms with Gasteiger partial charge in [0.2, 0.25) is 11.3 Å². The molecule has 1 atom stereocenters. The number of carbonyl (C=O) groups is 1. The summed E-state index contributed by atoms with van der Waals surface area (Å²) in [5, 5.41) is 14.2. The van der Waals surface area contributed by atoms with E-state index < -0.39 is 6.10 Å². The summed E-state index contributed by atoms with van der Waals surface area (Å²) in [6.07, 6.45) is 1.12. The smallest absolute Gasteiger partial charge is 0.224 e. The van der Waals surface area contributed by atoms with Crippen LogP contribution in [-0.4, -0.2) is 41.2 Å². The molecule has 4 aromatic rings. The normalized spacial score (nSPS) is 12.2. The first-order valence-electron chi connectivity index (χ1n) is 12.3. The first-order valence-corrected chi connectivity index (χ1v) is 13.5. The number of nitrogens with one attached hydrogen (secondary N) is 1. The van der Waals surface area contributed by atoms with E-state index in [9.17, 15) is 14.7 Å². The van der Waals surface area contributed by atoms with E-state index in [0.717, 1.165) is 32.8 Å². The number of carbonyl (C=O) groups excluding carboxylic acids is 1. The third-order valence-corrected chi connectivity index (χ3v) is 8.08. The number of amides is 1. The average Bonchev–Trinajstić information content (AvgIpc) is 3.23. The van der Waals surface area contributed by atoms with Crippen molar-refractivity contribution in [3.05, 3.63) is 97.1 Å². The van der Waals surface area contributed by atoms with E-state index in [2.05, 4.69) is 5.32 Å². The molecule has 2 heterocycles. The lowest BCUT2D eigenvalue weighted by molar-refractivity contribution is -0.120. The highest BCUT2D eigenvalue weighted by molar-refractivity contribution is 7.19. The van der Waals surface area contributed by atoms with Crippen LogP contribution in [0, 0.1) is 6.92 Å². The number of hydrogen-bond donors (Lipinski definition) is 2. The minimum atomic E-state index is -0.648. The molecular formula is C29H32ClN3O4S. The molecule has 2 N–H and O–H groups in total. The Hall–Kier alpha value is -3.17. The molecule has 1 amide bonds. The fraction of sp³-hybridized carbons (Fsp3) is 0.310. The Kier molecular flexibility index (Phi) is 8.89. The predicted octanol–water partition coefficient (Wildman–Crippen LogP) is 4.59. The maximum Gasteiger partial charge on any atom is 0.224 e. The maximum atomic E-state index is 13.3. The minimum Gasteiger partial charge on any atom is -0.497 e. The molecule has 0 radical (unpaired) electrons. The molecule has 200 valence electrons. The molecule has 0 aliphatic heterocycles. The number of ether oxygens (including phenoxy) is 1. The molecule has 0 aliphatic rings. The van der Waals surface area contributed by atoms with Gasteiger partial charge in [-0.25, -0.2) is 0 Å². The molecule has 0 bridgehead atoms. The number of benzene rings is 2. The summed E-state index contributed by atoms with van der Waals surface area (Å²) in [7, 11) is 5.46. The first kappa shape index (κ1) is 27.9. The van der Waals surface area contributed by atoms with Gasteiger partial charge in [-0.3, -0.25) is 14.5 Å². The minimum absolute atomic E-state index is 0.0104. The fourth-order valence-electron chi connectivity index (χ4n) is 4.48. The van der Waals surface area contributed by atoms with Gasteiger partial charge < -0.3 is 19.7 Å². The van der Waals surface area contributed by atoms with Gasteiger partial charge in [0.15, 0.2) is 0 Å². The van der Waals surface area contributed by atoms with Crippen molar-refractivity contribution < 1.29 is 14.6 Å². The Balaban J connectivity index is 1.45. The number of rotatable bonds is 10. The molecule has 0 fully saturated rings. The Labute approximate surface area is 231 Å². The summed E-state index contributed by atoms with van der Waals surface area (Å²) >= 11 is 7.37. The SMILES string of the molecule is COc1ccc(C(O)CN(C)Cc2sc3c(=O)c(CC(=O)NCc4ccc(Cl)cc4)cn(C)c3c2C)cc1. The van der Waals surface area contributed by atoms with Gasteiger partial charge in [-0.1, -0.05) is 35.9 Å². The van der Waals surface area contributed by atoms with E-state index in [-0.39, 0.29) is 17.8 Å². The number of thiophene rings is 1. The zero-order valence-electron chi connectivity index (χ0n) is 22.0. The topological polar surface area (TPSA) is 83.8 Å². The lowest BCUT2D eigenvalue weighted by Gasteiger charge is -2.20. The molecule has 9 heteroatoms. The number of aryl methyl sites for hydroxylation is 2. The number of nitrogens with zero attached hydrogens (tertiary/aromatic N) is 2. The Bertz CT molecular complexity index is 1480. The average molecular weight is 554 g/mol. The van der Waals surface area contributed by atoms with Gasteiger partial charge in [0.25, 0.3) is 0 Å². The highest BCUT2D eigenvalue weighted by atomic mass is 35.5. The number of aliphatic hydroxyl groups excluding tert-OH is 1. The Morgan fingerprint density at radius 2 is 1.87 bits per heavy atom. The highest BCUT2D eigenvalue weighted by Crippen LogP contribution is 2.30. The molecular weight excluding hydrogens is 522 g/mol. The monoisotopic (exact) mass is 553 g/mol. The predicted molar refractivity (Wildman–Crippen MR) is 153 cm³/mol. The van der Waals surface area contributed by atoms with E-state index in [1.54, 1.807) is 25.4 Å². The lowest BCUT2D eigenvalue weighted by atomic mass is 10.1. The second-order valence-electron chi connectivity index (χ2n) is 9.49. The number of aliphatic hydroxyl groups is 1. The molecule has 2 aromatic carbocycles. The number of aromatic nitrogens is 1. The molecule has 0 aliphatic carbocycles. The molecule has 0 saturated carbocycles. The van der Waals surface area contributed by atoms with Crippen molar-refractivity contribution in [3.8, 4) is 5.75 Å². The molecule has 2 aromatic heterocycles. The lowest BCUT2D eigenvalue weighted by Crippen LogP contribution is -2.27. The maximum absolute atomic E-state index is 13.3. The van der Waals surface area contributed by atoms with Crippen LogP contribution in [0.1, 0.15) is 33.2 Å². The van der Waals surface area contributed by atoms with Gasteiger partial charge in [-0.15, -0.1) is 11.3 Å². The molecule has 4 rings (SSSR count). The van der Waals surface area contributed by atoms with E-state index in [1.165, 1.54) is 11.3 Å². The Morgan fingerprint density at radius 3 is 2.53 bits per heavy atom. The molecule has 0 spiro atoms. The number of hydrogen-bond acceptors (Lipinski definition) is 6. The van der Waals surface area contributed by atoms with Crippen molar-refractivity contribution in [2.45, 2.75) is 32.5 Å². The van der Waals surface area contributed by atoms with Crippen molar-refractivity contribution in [1.29, 1.82) is 0 Å². The van der Waals surface area contributed by atoms with Gasteiger partial charge in [0.1, 0.15) is 5.75 Å². The first-order chi connectivity index (χ1) is 18.2. The summed E-state index contributed by atoms with van der Waals surface area (Å²) in [4.78, 5) is 29.0. The number of fused-ring (bicyclic) bond motifs is 1. The number of halogens is 1. The van der Waals surface area contributed by atoms with Crippen LogP contribution in [0.5, 0.6) is 5.75 Å². The van der Waals surface area contributed by atoms with E-state index in [1.807, 2.05) is 66.9 Å². The van der Waals surface area contributed by atoms with Crippen LogP contribution in [0.25, 0.3) is 10.2 Å². The summed E-state index contributed by atoms with van der Waals surface area (Å²) in [5.41, 5.74) is 4.02. The summed E-state index contributed by atoms with van der Waals surface area (Å²) in [6.45, 7) is 3.42. The molecule has 0 saturated heterocycles. The zero-order chi connectivity index (χ0) is 27.4. The summed E-state index contributed by atoms with van der Waals surface area (Å²) < 4.78 is 7.77. The van der Waals surface area contributed by atoms with Crippen molar-refractivity contribution in [2.24, 2.45) is 7.05 Å². The standard InChI is InChI=1S/C29H32ClN3O4S/c1-18-25(17-32(2)16-24(34)20-7-11-23(37-4)12-8-20)38-29-27(18)33(3)15-21(28(29)36)13-26(35)31-14-19-5-9-22(30)10-6-19/h5-12,15,24,34H,13-14,16-17H2,1-4H3,(H,31,35). The van der Waals surface area contributed by atoms with Crippen LogP contribution in [0.3, 0.4) is 0 Å². The Morgan fingerprint density at radius 1 is 1.18 bits per heavy atom. The number of pyridine rings is 1. The number of methoxy groups -OCH3 is 1. The third-order valence-electron chi connectivity index (χ3n) is 6.57. The van der Waals surface area contributed by atoms with Gasteiger partial charge in [0.05, 0.1) is 29.9 Å². The summed E-state index contributed by atoms with van der Waals surface area (Å²) in [6, 6.07) is 14.7. The molecule has 7 nitrogen and oxygen atoms in total. The van der Waals surface area contributed by atoms with Gasteiger partial charge in [-0.2, -0.15) is 0 Å². The van der Waals surface area contributed by atoms with E-state index in [0.29, 0.717) is 34.9 Å². The largest absolute Gasteiger partial charge is 0.497 e. The van der Waals surface area contributed by atoms with Gasteiger partial charge in [-0.05, 0) is 54.9 Å². The number of likely N-dealkylation sites (N-methyl/N-ethyl adjacent to an activating group) is 1. The van der Waals surface area contributed by atoms with E-state index >= 15 is 0 Å². The van der Waals surface area contributed by atoms with Crippen LogP contribution in [0.4, 0.5) is 0 Å². The quantitative estimate of drug-likeness (QED) is 0.300. The summed E-state index contributed by atoms with van der Waals surface area (Å²) in [5.74, 6) is 0.534. The van der Waals surface area contributed by atoms with Gasteiger partial charge in [0, 0.05) is 48.3 Å². The van der Waals surface area contributed by atoms with E-state index in [4.69, 9.17) is 16.3 Å². The van der Waals surface area contributed by atoms with Crippen molar-refractivity contribution in [1.82, 2.24) is 14.8 Å². The zero-order valence-corrected chi connectivity index (χ0v) is 23.5. The van der Waals surface area contributed by atoms with Crippen LogP contribution in [0.2, 0.25) is 5.02 Å². The second kappa shape index (κ2) is 12.1. The van der Waals surface area contributed by atoms with Crippen molar-refractivity contribution >= 4 is 39.1 Å². The van der Waals surface area contributed by atoms with Crippen molar-refractivity contribution in [2.75, 3.05) is 20.7 Å². The fourth-order valence-corrected chi connectivity index (χ4v) is 6.01.